The van der Waals surface area contributed by atoms with Gasteiger partial charge in [0, 0.05) is 29.4 Å². The van der Waals surface area contributed by atoms with Gasteiger partial charge in [-0.2, -0.15) is 0 Å². The van der Waals surface area contributed by atoms with E-state index in [0.29, 0.717) is 23.7 Å². The molecule has 0 aliphatic carbocycles. The molecular weight excluding hydrogens is 334 g/mol. The summed E-state index contributed by atoms with van der Waals surface area (Å²) in [6.45, 7) is 0.493. The molecule has 0 bridgehead atoms. The molecule has 1 aromatic heterocycles. The lowest BCUT2D eigenvalue weighted by Gasteiger charge is -2.09. The minimum atomic E-state index is -0.582. The molecule has 1 heterocycles. The number of aromatic nitrogens is 1. The molecule has 0 spiro atoms. The molecule has 0 saturated heterocycles. The van der Waals surface area contributed by atoms with Crippen molar-refractivity contribution in [3.8, 4) is 0 Å². The minimum Gasteiger partial charge on any atom is -0.447 e. The summed E-state index contributed by atoms with van der Waals surface area (Å²) in [5.41, 5.74) is 2.43. The molecular formula is C19H19N3O4. The summed E-state index contributed by atoms with van der Waals surface area (Å²) in [7, 11) is 1.53. The number of carbonyl (C=O) groups is 2. The summed E-state index contributed by atoms with van der Waals surface area (Å²) >= 11 is 0. The van der Waals surface area contributed by atoms with E-state index in [0.717, 1.165) is 10.9 Å². The molecule has 3 N–H and O–H groups in total. The summed E-state index contributed by atoms with van der Waals surface area (Å²) in [5.74, 6) is -0.263. The molecule has 0 aliphatic heterocycles. The minimum absolute atomic E-state index is 0.166. The molecule has 3 rings (SSSR count). The van der Waals surface area contributed by atoms with Crippen LogP contribution in [-0.4, -0.2) is 37.3 Å². The van der Waals surface area contributed by atoms with Crippen LogP contribution in [0.5, 0.6) is 0 Å². The molecule has 26 heavy (non-hydrogen) atoms. The number of H-pyrrole nitrogens is 1. The van der Waals surface area contributed by atoms with E-state index >= 15 is 0 Å². The Morgan fingerprint density at radius 3 is 2.50 bits per heavy atom. The first-order valence-corrected chi connectivity index (χ1v) is 8.07. The number of nitrogens with one attached hydrogen (secondary N) is 3. The highest BCUT2D eigenvalue weighted by Gasteiger charge is 2.10. The Labute approximate surface area is 150 Å². The van der Waals surface area contributed by atoms with E-state index in [1.807, 2.05) is 24.3 Å². The molecule has 0 saturated carbocycles. The first-order chi connectivity index (χ1) is 12.7. The topological polar surface area (TPSA) is 92.4 Å². The van der Waals surface area contributed by atoms with E-state index in [9.17, 15) is 9.59 Å². The van der Waals surface area contributed by atoms with Crippen LogP contribution in [0.4, 0.5) is 16.2 Å². The lowest BCUT2D eigenvalue weighted by Crippen LogP contribution is -2.17. The lowest BCUT2D eigenvalue weighted by molar-refractivity contribution is 0.102. The zero-order valence-electron chi connectivity index (χ0n) is 14.2. The highest BCUT2D eigenvalue weighted by Crippen LogP contribution is 2.18. The van der Waals surface area contributed by atoms with Crippen molar-refractivity contribution < 1.29 is 19.1 Å². The number of para-hydroxylation sites is 1. The van der Waals surface area contributed by atoms with E-state index in [1.54, 1.807) is 30.3 Å². The van der Waals surface area contributed by atoms with Crippen LogP contribution in [0, 0.1) is 0 Å². The fraction of sp³-hybridized carbons (Fsp3) is 0.158. The van der Waals surface area contributed by atoms with E-state index < -0.39 is 6.09 Å². The third-order valence-corrected chi connectivity index (χ3v) is 3.66. The summed E-state index contributed by atoms with van der Waals surface area (Å²) in [6, 6.07) is 16.3. The van der Waals surface area contributed by atoms with Gasteiger partial charge in [0.25, 0.3) is 5.91 Å². The monoisotopic (exact) mass is 353 g/mol. The molecule has 0 atom stereocenters. The summed E-state index contributed by atoms with van der Waals surface area (Å²) in [4.78, 5) is 27.2. The normalized spacial score (nSPS) is 10.5. The second-order valence-electron chi connectivity index (χ2n) is 5.56. The number of amides is 2. The van der Waals surface area contributed by atoms with Gasteiger partial charge in [-0.15, -0.1) is 0 Å². The number of ether oxygens (including phenoxy) is 2. The third kappa shape index (κ3) is 4.40. The molecule has 0 radical (unpaired) electrons. The fourth-order valence-electron chi connectivity index (χ4n) is 2.44. The quantitative estimate of drug-likeness (QED) is 0.590. The molecule has 0 fully saturated rings. The average Bonchev–Trinajstić information content (AvgIpc) is 3.06. The Hall–Kier alpha value is -3.32. The fourth-order valence-corrected chi connectivity index (χ4v) is 2.44. The van der Waals surface area contributed by atoms with Crippen LogP contribution < -0.4 is 10.6 Å². The molecule has 134 valence electrons. The lowest BCUT2D eigenvalue weighted by atomic mass is 10.2. The molecule has 0 unspecified atom stereocenters. The predicted octanol–water partition coefficient (Wildman–Crippen LogP) is 3.62. The van der Waals surface area contributed by atoms with E-state index in [-0.39, 0.29) is 12.5 Å². The molecule has 7 nitrogen and oxygen atoms in total. The summed E-state index contributed by atoms with van der Waals surface area (Å²) in [6.07, 6.45) is -0.582. The first-order valence-electron chi connectivity index (χ1n) is 8.07. The summed E-state index contributed by atoms with van der Waals surface area (Å²) in [5, 5.41) is 6.37. The second kappa shape index (κ2) is 8.17. The summed E-state index contributed by atoms with van der Waals surface area (Å²) < 4.78 is 9.76. The molecule has 7 heteroatoms. The van der Waals surface area contributed by atoms with Crippen molar-refractivity contribution in [1.29, 1.82) is 0 Å². The molecule has 2 amide bonds. The maximum Gasteiger partial charge on any atom is 0.411 e. The number of hydrogen-bond acceptors (Lipinski definition) is 4. The van der Waals surface area contributed by atoms with Crippen LogP contribution in [0.3, 0.4) is 0 Å². The highest BCUT2D eigenvalue weighted by molar-refractivity contribution is 6.06. The van der Waals surface area contributed by atoms with Gasteiger partial charge < -0.3 is 19.8 Å². The van der Waals surface area contributed by atoms with Crippen LogP contribution in [0.1, 0.15) is 10.5 Å². The van der Waals surface area contributed by atoms with Gasteiger partial charge >= 0.3 is 6.09 Å². The van der Waals surface area contributed by atoms with Gasteiger partial charge in [0.15, 0.2) is 0 Å². The Morgan fingerprint density at radius 2 is 1.73 bits per heavy atom. The Balaban J connectivity index is 1.64. The number of fused-ring (bicyclic) bond motifs is 1. The van der Waals surface area contributed by atoms with Crippen molar-refractivity contribution in [3.63, 3.8) is 0 Å². The van der Waals surface area contributed by atoms with Gasteiger partial charge in [-0.1, -0.05) is 24.3 Å². The van der Waals surface area contributed by atoms with E-state index in [4.69, 9.17) is 9.47 Å². The number of aromatic amines is 1. The van der Waals surface area contributed by atoms with Crippen molar-refractivity contribution in [2.75, 3.05) is 31.0 Å². The number of anilines is 2. The SMILES string of the molecule is COCCOC(=O)Nc1cccc(NC(=O)c2cc3ccccc3[nH]2)c1. The van der Waals surface area contributed by atoms with Crippen molar-refractivity contribution in [3.05, 3.63) is 60.3 Å². The van der Waals surface area contributed by atoms with E-state index in [2.05, 4.69) is 15.6 Å². The maximum atomic E-state index is 12.4. The van der Waals surface area contributed by atoms with Crippen LogP contribution in [0.2, 0.25) is 0 Å². The van der Waals surface area contributed by atoms with Crippen LogP contribution in [0.15, 0.2) is 54.6 Å². The van der Waals surface area contributed by atoms with Gasteiger partial charge in [-0.25, -0.2) is 4.79 Å². The number of methoxy groups -OCH3 is 1. The largest absolute Gasteiger partial charge is 0.447 e. The van der Waals surface area contributed by atoms with Gasteiger partial charge in [-0.3, -0.25) is 10.1 Å². The highest BCUT2D eigenvalue weighted by atomic mass is 16.6. The van der Waals surface area contributed by atoms with Gasteiger partial charge in [0.05, 0.1) is 6.61 Å². The zero-order chi connectivity index (χ0) is 18.4. The van der Waals surface area contributed by atoms with Crippen molar-refractivity contribution in [2.24, 2.45) is 0 Å². The van der Waals surface area contributed by atoms with Crippen LogP contribution in [-0.2, 0) is 9.47 Å². The Bertz CT molecular complexity index is 887. The molecule has 3 aromatic rings. The molecule has 0 aliphatic rings. The number of hydrogen-bond donors (Lipinski definition) is 3. The second-order valence-corrected chi connectivity index (χ2v) is 5.56. The van der Waals surface area contributed by atoms with Crippen LogP contribution >= 0.6 is 0 Å². The smallest absolute Gasteiger partial charge is 0.411 e. The van der Waals surface area contributed by atoms with Crippen molar-refractivity contribution >= 4 is 34.3 Å². The Morgan fingerprint density at radius 1 is 0.962 bits per heavy atom. The van der Waals surface area contributed by atoms with Crippen LogP contribution in [0.25, 0.3) is 10.9 Å². The molecule has 2 aromatic carbocycles. The van der Waals surface area contributed by atoms with Gasteiger partial charge in [0.2, 0.25) is 0 Å². The zero-order valence-corrected chi connectivity index (χ0v) is 14.2. The van der Waals surface area contributed by atoms with E-state index in [1.165, 1.54) is 7.11 Å². The number of carbonyl (C=O) groups excluding carboxylic acids is 2. The number of benzene rings is 2. The van der Waals surface area contributed by atoms with Crippen molar-refractivity contribution in [2.45, 2.75) is 0 Å². The van der Waals surface area contributed by atoms with Crippen molar-refractivity contribution in [1.82, 2.24) is 4.98 Å². The predicted molar refractivity (Wildman–Crippen MR) is 99.5 cm³/mol. The maximum absolute atomic E-state index is 12.4. The third-order valence-electron chi connectivity index (χ3n) is 3.66. The van der Waals surface area contributed by atoms with Gasteiger partial charge in [0.1, 0.15) is 12.3 Å². The average molecular weight is 353 g/mol. The standard InChI is InChI=1S/C19H19N3O4/c1-25-9-10-26-19(24)21-15-7-4-6-14(12-15)20-18(23)17-11-13-5-2-3-8-16(13)22-17/h2-8,11-12,22H,9-10H2,1H3,(H,20,23)(H,21,24). The first kappa shape index (κ1) is 17.5. The Kier molecular flexibility index (Phi) is 5.50. The van der Waals surface area contributed by atoms with Gasteiger partial charge in [-0.05, 0) is 30.3 Å². The number of rotatable bonds is 6.